The summed E-state index contributed by atoms with van der Waals surface area (Å²) in [5.74, 6) is -0.213. The predicted octanol–water partition coefficient (Wildman–Crippen LogP) is 1.04. The van der Waals surface area contributed by atoms with E-state index >= 15 is 0 Å². The van der Waals surface area contributed by atoms with Gasteiger partial charge in [-0.25, -0.2) is 4.39 Å². The highest BCUT2D eigenvalue weighted by Gasteiger charge is 2.13. The molecule has 0 fully saturated rings. The average molecular weight is 249 g/mol. The molecule has 6 N–H and O–H groups in total. The molecule has 0 radical (unpaired) electrons. The van der Waals surface area contributed by atoms with Crippen LogP contribution < -0.4 is 21.9 Å². The van der Waals surface area contributed by atoms with E-state index in [2.05, 4.69) is 9.97 Å². The molecule has 0 unspecified atom stereocenters. The molecular formula is C11H12FN5O. The fraction of sp³-hybridized carbons (Fsp3) is 0.0909. The third-order valence-electron chi connectivity index (χ3n) is 2.42. The summed E-state index contributed by atoms with van der Waals surface area (Å²) in [6.45, 7) is 0. The van der Waals surface area contributed by atoms with Gasteiger partial charge >= 0.3 is 0 Å². The molecule has 0 bridgehead atoms. The van der Waals surface area contributed by atoms with E-state index in [1.54, 1.807) is 6.07 Å². The fourth-order valence-corrected chi connectivity index (χ4v) is 1.63. The van der Waals surface area contributed by atoms with Crippen molar-refractivity contribution in [2.24, 2.45) is 0 Å². The smallest absolute Gasteiger partial charge is 0.223 e. The lowest BCUT2D eigenvalue weighted by molar-refractivity contribution is 0.386. The minimum absolute atomic E-state index is 0.0252. The number of nitrogens with two attached hydrogens (primary N) is 3. The summed E-state index contributed by atoms with van der Waals surface area (Å²) in [7, 11) is 1.38. The average Bonchev–Trinajstić information content (AvgIpc) is 2.27. The van der Waals surface area contributed by atoms with Gasteiger partial charge in [0.1, 0.15) is 11.6 Å². The van der Waals surface area contributed by atoms with Crippen molar-refractivity contribution in [1.29, 1.82) is 0 Å². The summed E-state index contributed by atoms with van der Waals surface area (Å²) in [5, 5.41) is 0. The minimum atomic E-state index is -0.523. The molecule has 18 heavy (non-hydrogen) atoms. The zero-order chi connectivity index (χ0) is 13.3. The van der Waals surface area contributed by atoms with Crippen LogP contribution in [0.1, 0.15) is 0 Å². The van der Waals surface area contributed by atoms with E-state index in [4.69, 9.17) is 21.9 Å². The Labute approximate surface area is 103 Å². The topological polar surface area (TPSA) is 113 Å². The van der Waals surface area contributed by atoms with Crippen molar-refractivity contribution in [3.05, 3.63) is 24.0 Å². The Kier molecular flexibility index (Phi) is 2.88. The Hall–Kier alpha value is -2.57. The fourth-order valence-electron chi connectivity index (χ4n) is 1.63. The van der Waals surface area contributed by atoms with Gasteiger partial charge < -0.3 is 21.9 Å². The quantitative estimate of drug-likeness (QED) is 0.732. The molecule has 2 aromatic rings. The number of methoxy groups -OCH3 is 1. The van der Waals surface area contributed by atoms with Crippen LogP contribution in [0.5, 0.6) is 5.75 Å². The standard InChI is InChI=1S/C11H12FN5O/c1-18-7-3-2-5(4-6(7)12)8-9(13)16-11(15)17-10(8)14/h2-4H,1H3,(H6,13,14,15,16,17). The Morgan fingerprint density at radius 2 is 1.72 bits per heavy atom. The molecule has 0 saturated carbocycles. The van der Waals surface area contributed by atoms with Gasteiger partial charge in [0.2, 0.25) is 5.95 Å². The maximum atomic E-state index is 13.6. The van der Waals surface area contributed by atoms with Crippen LogP contribution in [0.4, 0.5) is 22.0 Å². The first kappa shape index (κ1) is 11.9. The molecular weight excluding hydrogens is 237 g/mol. The molecule has 94 valence electrons. The number of nitrogens with zero attached hydrogens (tertiary/aromatic N) is 2. The van der Waals surface area contributed by atoms with Gasteiger partial charge in [0.25, 0.3) is 0 Å². The van der Waals surface area contributed by atoms with Crippen molar-refractivity contribution in [3.63, 3.8) is 0 Å². The number of rotatable bonds is 2. The largest absolute Gasteiger partial charge is 0.494 e. The van der Waals surface area contributed by atoms with E-state index in [1.165, 1.54) is 19.2 Å². The second-order valence-corrected chi connectivity index (χ2v) is 3.58. The molecule has 1 heterocycles. The van der Waals surface area contributed by atoms with E-state index in [0.717, 1.165) is 0 Å². The van der Waals surface area contributed by atoms with Crippen LogP contribution in [0.3, 0.4) is 0 Å². The van der Waals surface area contributed by atoms with Gasteiger partial charge in [-0.2, -0.15) is 9.97 Å². The van der Waals surface area contributed by atoms with Crippen LogP contribution in [-0.2, 0) is 0 Å². The van der Waals surface area contributed by atoms with Crippen molar-refractivity contribution >= 4 is 17.6 Å². The predicted molar refractivity (Wildman–Crippen MR) is 67.2 cm³/mol. The maximum Gasteiger partial charge on any atom is 0.223 e. The minimum Gasteiger partial charge on any atom is -0.494 e. The van der Waals surface area contributed by atoms with E-state index in [9.17, 15) is 4.39 Å². The number of benzene rings is 1. The Bertz CT molecular complexity index is 579. The van der Waals surface area contributed by atoms with E-state index in [1.807, 2.05) is 0 Å². The van der Waals surface area contributed by atoms with Crippen molar-refractivity contribution in [3.8, 4) is 16.9 Å². The zero-order valence-electron chi connectivity index (χ0n) is 9.64. The molecule has 0 aliphatic carbocycles. The third kappa shape index (κ3) is 1.97. The van der Waals surface area contributed by atoms with Gasteiger partial charge in [0, 0.05) is 0 Å². The number of nitrogen functional groups attached to an aromatic ring is 3. The van der Waals surface area contributed by atoms with Crippen LogP contribution >= 0.6 is 0 Å². The molecule has 0 saturated heterocycles. The van der Waals surface area contributed by atoms with Gasteiger partial charge in [-0.05, 0) is 17.7 Å². The summed E-state index contributed by atoms with van der Waals surface area (Å²) in [6.07, 6.45) is 0. The molecule has 1 aromatic carbocycles. The molecule has 0 atom stereocenters. The highest BCUT2D eigenvalue weighted by Crippen LogP contribution is 2.32. The summed E-state index contributed by atoms with van der Waals surface area (Å²) in [6, 6.07) is 4.34. The molecule has 6 nitrogen and oxygen atoms in total. The van der Waals surface area contributed by atoms with E-state index < -0.39 is 5.82 Å². The van der Waals surface area contributed by atoms with E-state index in [-0.39, 0.29) is 23.3 Å². The number of aromatic nitrogens is 2. The van der Waals surface area contributed by atoms with Gasteiger partial charge in [0.05, 0.1) is 12.7 Å². The lowest BCUT2D eigenvalue weighted by Gasteiger charge is -2.10. The molecule has 0 aliphatic rings. The first-order valence-electron chi connectivity index (χ1n) is 5.05. The zero-order valence-corrected chi connectivity index (χ0v) is 9.64. The highest BCUT2D eigenvalue weighted by atomic mass is 19.1. The second kappa shape index (κ2) is 4.36. The Morgan fingerprint density at radius 1 is 1.11 bits per heavy atom. The second-order valence-electron chi connectivity index (χ2n) is 3.58. The number of hydrogen-bond acceptors (Lipinski definition) is 6. The van der Waals surface area contributed by atoms with Crippen LogP contribution in [0.25, 0.3) is 11.1 Å². The van der Waals surface area contributed by atoms with Crippen molar-refractivity contribution in [2.75, 3.05) is 24.3 Å². The number of hydrogen-bond donors (Lipinski definition) is 3. The maximum absolute atomic E-state index is 13.6. The normalized spacial score (nSPS) is 10.3. The molecule has 0 aliphatic heterocycles. The molecule has 2 rings (SSSR count). The molecule has 0 spiro atoms. The molecule has 7 heteroatoms. The lowest BCUT2D eigenvalue weighted by Crippen LogP contribution is -2.06. The van der Waals surface area contributed by atoms with E-state index in [0.29, 0.717) is 11.1 Å². The molecule has 1 aromatic heterocycles. The Morgan fingerprint density at radius 3 is 2.22 bits per heavy atom. The van der Waals surface area contributed by atoms with Gasteiger partial charge in [-0.15, -0.1) is 0 Å². The third-order valence-corrected chi connectivity index (χ3v) is 2.42. The summed E-state index contributed by atoms with van der Waals surface area (Å²) in [4.78, 5) is 7.59. The monoisotopic (exact) mass is 249 g/mol. The number of ether oxygens (including phenoxy) is 1. The number of anilines is 3. The summed E-state index contributed by atoms with van der Waals surface area (Å²) in [5.41, 5.74) is 17.6. The highest BCUT2D eigenvalue weighted by molar-refractivity contribution is 5.83. The van der Waals surface area contributed by atoms with Crippen molar-refractivity contribution < 1.29 is 9.13 Å². The SMILES string of the molecule is COc1ccc(-c2c(N)nc(N)nc2N)cc1F. The number of halogens is 1. The first-order valence-corrected chi connectivity index (χ1v) is 5.05. The van der Waals surface area contributed by atoms with Crippen molar-refractivity contribution in [2.45, 2.75) is 0 Å². The molecule has 0 amide bonds. The van der Waals surface area contributed by atoms with Gasteiger partial charge in [-0.3, -0.25) is 0 Å². The van der Waals surface area contributed by atoms with Crippen LogP contribution in [0, 0.1) is 5.82 Å². The summed E-state index contributed by atoms with van der Waals surface area (Å²) < 4.78 is 18.4. The van der Waals surface area contributed by atoms with Gasteiger partial charge in [0.15, 0.2) is 11.6 Å². The first-order chi connectivity index (χ1) is 8.52. The van der Waals surface area contributed by atoms with Crippen LogP contribution in [0.2, 0.25) is 0 Å². The van der Waals surface area contributed by atoms with Crippen LogP contribution in [-0.4, -0.2) is 17.1 Å². The van der Waals surface area contributed by atoms with Crippen molar-refractivity contribution in [1.82, 2.24) is 9.97 Å². The van der Waals surface area contributed by atoms with Gasteiger partial charge in [-0.1, -0.05) is 6.07 Å². The summed E-state index contributed by atoms with van der Waals surface area (Å²) >= 11 is 0. The lowest BCUT2D eigenvalue weighted by atomic mass is 10.1. The van der Waals surface area contributed by atoms with Crippen LogP contribution in [0.15, 0.2) is 18.2 Å². The Balaban J connectivity index is 2.59.